The summed E-state index contributed by atoms with van der Waals surface area (Å²) in [4.78, 5) is 14.8. The van der Waals surface area contributed by atoms with Gasteiger partial charge in [-0.2, -0.15) is 0 Å². The maximum atomic E-state index is 12.4. The van der Waals surface area contributed by atoms with Gasteiger partial charge < -0.3 is 19.5 Å². The summed E-state index contributed by atoms with van der Waals surface area (Å²) < 4.78 is 7.22. The van der Waals surface area contributed by atoms with Gasteiger partial charge in [0, 0.05) is 31.7 Å². The zero-order chi connectivity index (χ0) is 19.1. The third kappa shape index (κ3) is 5.79. The van der Waals surface area contributed by atoms with Crippen LogP contribution in [0.1, 0.15) is 31.2 Å². The Hall–Kier alpha value is -2.41. The van der Waals surface area contributed by atoms with Crippen molar-refractivity contribution in [3.63, 3.8) is 0 Å². The van der Waals surface area contributed by atoms with Crippen LogP contribution in [0, 0.1) is 12.8 Å². The van der Waals surface area contributed by atoms with Crippen LogP contribution in [0.5, 0.6) is 5.75 Å². The molecule has 1 saturated heterocycles. The molecule has 1 aromatic heterocycles. The van der Waals surface area contributed by atoms with Crippen LogP contribution in [0.4, 0.5) is 5.69 Å². The largest absolute Gasteiger partial charge is 0.497 e. The smallest absolute Gasteiger partial charge is 0.224 e. The molecule has 0 bridgehead atoms. The normalized spacial score (nSPS) is 17.6. The van der Waals surface area contributed by atoms with Gasteiger partial charge in [-0.3, -0.25) is 4.79 Å². The number of likely N-dealkylation sites (tertiary alicyclic amines) is 1. The van der Waals surface area contributed by atoms with Gasteiger partial charge in [0.1, 0.15) is 18.4 Å². The molecular formula is C20H29N5O2. The van der Waals surface area contributed by atoms with Crippen molar-refractivity contribution in [3.05, 3.63) is 36.4 Å². The molecule has 1 aliphatic heterocycles. The Morgan fingerprint density at radius 1 is 1.30 bits per heavy atom. The van der Waals surface area contributed by atoms with Gasteiger partial charge in [-0.25, -0.2) is 0 Å². The average Bonchev–Trinajstić information content (AvgIpc) is 3.20. The van der Waals surface area contributed by atoms with Gasteiger partial charge in [-0.1, -0.05) is 0 Å². The molecule has 0 spiro atoms. The molecule has 1 N–H and O–H groups in total. The summed E-state index contributed by atoms with van der Waals surface area (Å²) >= 11 is 0. The maximum absolute atomic E-state index is 12.4. The van der Waals surface area contributed by atoms with Gasteiger partial charge in [0.15, 0.2) is 0 Å². The van der Waals surface area contributed by atoms with Crippen molar-refractivity contribution in [1.82, 2.24) is 19.7 Å². The molecule has 1 aromatic carbocycles. The van der Waals surface area contributed by atoms with Crippen molar-refractivity contribution >= 4 is 11.6 Å². The van der Waals surface area contributed by atoms with Crippen LogP contribution in [0.3, 0.4) is 0 Å². The fraction of sp³-hybridized carbons (Fsp3) is 0.550. The van der Waals surface area contributed by atoms with Gasteiger partial charge in [0.05, 0.1) is 7.11 Å². The Kier molecular flexibility index (Phi) is 6.81. The Morgan fingerprint density at radius 2 is 2.11 bits per heavy atom. The number of anilines is 1. The summed E-state index contributed by atoms with van der Waals surface area (Å²) in [5.74, 6) is 1.48. The molecule has 27 heavy (non-hydrogen) atoms. The number of nitrogens with one attached hydrogen (secondary N) is 1. The van der Waals surface area contributed by atoms with E-state index in [0.717, 1.165) is 49.6 Å². The number of hydrogen-bond acceptors (Lipinski definition) is 5. The second-order valence-corrected chi connectivity index (χ2v) is 7.28. The summed E-state index contributed by atoms with van der Waals surface area (Å²) in [6.45, 7) is 6.10. The molecule has 0 aliphatic carbocycles. The number of amides is 1. The molecule has 1 atom stereocenters. The lowest BCUT2D eigenvalue weighted by atomic mass is 9.93. The zero-order valence-electron chi connectivity index (χ0n) is 16.2. The lowest BCUT2D eigenvalue weighted by Crippen LogP contribution is -2.37. The minimum atomic E-state index is 0.0879. The lowest BCUT2D eigenvalue weighted by molar-refractivity contribution is -0.116. The van der Waals surface area contributed by atoms with E-state index in [1.807, 2.05) is 29.7 Å². The molecule has 2 aromatic rings. The first-order valence-corrected chi connectivity index (χ1v) is 9.63. The first kappa shape index (κ1) is 19.4. The van der Waals surface area contributed by atoms with E-state index in [2.05, 4.69) is 20.4 Å². The maximum Gasteiger partial charge on any atom is 0.224 e. The molecule has 1 aliphatic rings. The standard InChI is InChI=1S/C20H29N5O2/c1-16-12-18(27-2)6-7-19(16)23-20(26)8-5-17-4-3-9-24(13-17)10-11-25-14-21-22-15-25/h6-7,12,14-15,17H,3-5,8-11,13H2,1-2H3,(H,23,26). The monoisotopic (exact) mass is 371 g/mol. The number of carbonyl (C=O) groups excluding carboxylic acids is 1. The number of piperidine rings is 1. The first-order chi connectivity index (χ1) is 13.1. The van der Waals surface area contributed by atoms with Crippen LogP contribution in [0.15, 0.2) is 30.9 Å². The van der Waals surface area contributed by atoms with Gasteiger partial charge in [0.2, 0.25) is 5.91 Å². The molecule has 0 radical (unpaired) electrons. The number of rotatable bonds is 8. The lowest BCUT2D eigenvalue weighted by Gasteiger charge is -2.32. The van der Waals surface area contributed by atoms with E-state index >= 15 is 0 Å². The summed E-state index contributed by atoms with van der Waals surface area (Å²) in [6.07, 6.45) is 7.42. The van der Waals surface area contributed by atoms with Crippen molar-refractivity contribution in [2.45, 2.75) is 39.2 Å². The number of hydrogen-bond donors (Lipinski definition) is 1. The number of benzene rings is 1. The second-order valence-electron chi connectivity index (χ2n) is 7.28. The van der Waals surface area contributed by atoms with Gasteiger partial charge in [-0.15, -0.1) is 10.2 Å². The Bertz CT molecular complexity index is 732. The van der Waals surface area contributed by atoms with E-state index < -0.39 is 0 Å². The summed E-state index contributed by atoms with van der Waals surface area (Å²) in [5.41, 5.74) is 1.88. The van der Waals surface area contributed by atoms with Gasteiger partial charge in [0.25, 0.3) is 0 Å². The van der Waals surface area contributed by atoms with Crippen molar-refractivity contribution in [3.8, 4) is 5.75 Å². The highest BCUT2D eigenvalue weighted by atomic mass is 16.5. The minimum absolute atomic E-state index is 0.0879. The quantitative estimate of drug-likeness (QED) is 0.772. The highest BCUT2D eigenvalue weighted by molar-refractivity contribution is 5.91. The van der Waals surface area contributed by atoms with E-state index in [0.29, 0.717) is 12.3 Å². The SMILES string of the molecule is COc1ccc(NC(=O)CCC2CCCN(CCn3cnnc3)C2)c(C)c1. The van der Waals surface area contributed by atoms with Gasteiger partial charge in [-0.05, 0) is 62.4 Å². The molecule has 7 nitrogen and oxygen atoms in total. The number of ether oxygens (including phenoxy) is 1. The molecule has 3 rings (SSSR count). The van der Waals surface area contributed by atoms with E-state index in [9.17, 15) is 4.79 Å². The summed E-state index contributed by atoms with van der Waals surface area (Å²) in [5, 5.41) is 10.7. The van der Waals surface area contributed by atoms with Crippen molar-refractivity contribution < 1.29 is 9.53 Å². The van der Waals surface area contributed by atoms with Crippen LogP contribution in [-0.2, 0) is 11.3 Å². The fourth-order valence-electron chi connectivity index (χ4n) is 3.64. The number of aromatic nitrogens is 3. The second kappa shape index (κ2) is 9.50. The third-order valence-corrected chi connectivity index (χ3v) is 5.23. The molecule has 1 fully saturated rings. The Balaban J connectivity index is 1.41. The Morgan fingerprint density at radius 3 is 2.85 bits per heavy atom. The summed E-state index contributed by atoms with van der Waals surface area (Å²) in [6, 6.07) is 5.71. The molecular weight excluding hydrogens is 342 g/mol. The van der Waals surface area contributed by atoms with Crippen LogP contribution in [0.2, 0.25) is 0 Å². The van der Waals surface area contributed by atoms with E-state index in [1.54, 1.807) is 19.8 Å². The van der Waals surface area contributed by atoms with E-state index in [4.69, 9.17) is 4.74 Å². The van der Waals surface area contributed by atoms with E-state index in [-0.39, 0.29) is 5.91 Å². The molecule has 146 valence electrons. The van der Waals surface area contributed by atoms with Crippen molar-refractivity contribution in [2.75, 3.05) is 32.1 Å². The third-order valence-electron chi connectivity index (χ3n) is 5.23. The predicted octanol–water partition coefficient (Wildman–Crippen LogP) is 2.73. The van der Waals surface area contributed by atoms with Crippen molar-refractivity contribution in [1.29, 1.82) is 0 Å². The highest BCUT2D eigenvalue weighted by Gasteiger charge is 2.20. The average molecular weight is 371 g/mol. The number of carbonyl (C=O) groups is 1. The first-order valence-electron chi connectivity index (χ1n) is 9.63. The van der Waals surface area contributed by atoms with Crippen LogP contribution < -0.4 is 10.1 Å². The minimum Gasteiger partial charge on any atom is -0.497 e. The zero-order valence-corrected chi connectivity index (χ0v) is 16.2. The van der Waals surface area contributed by atoms with Crippen molar-refractivity contribution in [2.24, 2.45) is 5.92 Å². The Labute approximate surface area is 160 Å². The van der Waals surface area contributed by atoms with Gasteiger partial charge >= 0.3 is 0 Å². The fourth-order valence-corrected chi connectivity index (χ4v) is 3.64. The number of nitrogens with zero attached hydrogens (tertiary/aromatic N) is 4. The summed E-state index contributed by atoms with van der Waals surface area (Å²) in [7, 11) is 1.65. The molecule has 1 unspecified atom stereocenters. The van der Waals surface area contributed by atoms with E-state index in [1.165, 1.54) is 12.8 Å². The number of methoxy groups -OCH3 is 1. The molecule has 1 amide bonds. The van der Waals surface area contributed by atoms with Crippen LogP contribution in [0.25, 0.3) is 0 Å². The predicted molar refractivity (Wildman–Crippen MR) is 105 cm³/mol. The van der Waals surface area contributed by atoms with Crippen LogP contribution >= 0.6 is 0 Å². The molecule has 7 heteroatoms. The highest BCUT2D eigenvalue weighted by Crippen LogP contribution is 2.23. The number of aryl methyl sites for hydroxylation is 1. The topological polar surface area (TPSA) is 72.3 Å². The van der Waals surface area contributed by atoms with Crippen LogP contribution in [-0.4, -0.2) is 52.3 Å². The molecule has 2 heterocycles. The molecule has 0 saturated carbocycles.